The third kappa shape index (κ3) is 1.69. The Bertz CT molecular complexity index is 434. The molecule has 1 heterocycles. The highest BCUT2D eigenvalue weighted by Crippen LogP contribution is 2.46. The molecule has 1 aliphatic carbocycles. The van der Waals surface area contributed by atoms with Crippen LogP contribution >= 0.6 is 0 Å². The Balaban J connectivity index is 1.99. The molecule has 2 aliphatic rings. The molecule has 0 aromatic heterocycles. The van der Waals surface area contributed by atoms with Crippen molar-refractivity contribution in [2.24, 2.45) is 0 Å². The summed E-state index contributed by atoms with van der Waals surface area (Å²) in [6, 6.07) is 5.87. The normalized spacial score (nSPS) is 31.8. The van der Waals surface area contributed by atoms with Gasteiger partial charge in [0.1, 0.15) is 5.82 Å². The topological polar surface area (TPSA) is 21.3 Å². The van der Waals surface area contributed by atoms with E-state index in [9.17, 15) is 4.39 Å². The Labute approximate surface area is 101 Å². The molecule has 2 atom stereocenters. The highest BCUT2D eigenvalue weighted by atomic mass is 19.1. The van der Waals surface area contributed by atoms with Gasteiger partial charge in [0.25, 0.3) is 0 Å². The molecule has 92 valence electrons. The summed E-state index contributed by atoms with van der Waals surface area (Å²) < 4.78 is 19.8. The average Bonchev–Trinajstić information content (AvgIpc) is 2.70. The largest absolute Gasteiger partial charge is 0.370 e. The molecular formula is C14H18FNO. The van der Waals surface area contributed by atoms with Crippen LogP contribution in [0.2, 0.25) is 0 Å². The second-order valence-electron chi connectivity index (χ2n) is 5.09. The quantitative estimate of drug-likeness (QED) is 0.807. The smallest absolute Gasteiger partial charge is 0.126 e. The average molecular weight is 235 g/mol. The maximum Gasteiger partial charge on any atom is 0.126 e. The van der Waals surface area contributed by atoms with Gasteiger partial charge in [-0.1, -0.05) is 12.1 Å². The molecule has 0 radical (unpaired) electrons. The van der Waals surface area contributed by atoms with Crippen molar-refractivity contribution < 1.29 is 9.13 Å². The first-order chi connectivity index (χ1) is 8.25. The fraction of sp³-hybridized carbons (Fsp3) is 0.571. The van der Waals surface area contributed by atoms with Crippen LogP contribution < -0.4 is 5.32 Å². The molecule has 2 nitrogen and oxygen atoms in total. The number of hydrogen-bond acceptors (Lipinski definition) is 2. The van der Waals surface area contributed by atoms with Crippen LogP contribution in [0.1, 0.15) is 30.4 Å². The lowest BCUT2D eigenvalue weighted by atomic mass is 9.85. The first kappa shape index (κ1) is 11.2. The summed E-state index contributed by atoms with van der Waals surface area (Å²) >= 11 is 0. The monoisotopic (exact) mass is 235 g/mol. The molecule has 1 spiro atoms. The third-order valence-electron chi connectivity index (χ3n) is 4.22. The number of nitrogens with one attached hydrogen (secondary N) is 1. The molecule has 0 bridgehead atoms. The lowest BCUT2D eigenvalue weighted by molar-refractivity contribution is -0.0921. The number of benzene rings is 1. The number of hydrogen-bond donors (Lipinski definition) is 1. The molecule has 1 aliphatic heterocycles. The van der Waals surface area contributed by atoms with Crippen molar-refractivity contribution in [2.45, 2.75) is 37.3 Å². The number of ether oxygens (including phenoxy) is 1. The Morgan fingerprint density at radius 3 is 3.18 bits per heavy atom. The highest BCUT2D eigenvalue weighted by Gasteiger charge is 2.44. The van der Waals surface area contributed by atoms with Crippen molar-refractivity contribution in [3.8, 4) is 0 Å². The first-order valence-corrected chi connectivity index (χ1v) is 6.34. The van der Waals surface area contributed by atoms with Crippen molar-refractivity contribution in [2.75, 3.05) is 13.7 Å². The predicted octanol–water partition coefficient (Wildman–Crippen LogP) is 2.37. The van der Waals surface area contributed by atoms with Gasteiger partial charge in [-0.2, -0.15) is 0 Å². The van der Waals surface area contributed by atoms with Gasteiger partial charge in [0.2, 0.25) is 0 Å². The molecule has 0 saturated carbocycles. The molecular weight excluding hydrogens is 217 g/mol. The van der Waals surface area contributed by atoms with E-state index in [4.69, 9.17) is 4.74 Å². The van der Waals surface area contributed by atoms with E-state index in [1.165, 1.54) is 0 Å². The van der Waals surface area contributed by atoms with E-state index in [0.717, 1.165) is 43.4 Å². The van der Waals surface area contributed by atoms with Crippen LogP contribution in [0.3, 0.4) is 0 Å². The van der Waals surface area contributed by atoms with Gasteiger partial charge in [-0.25, -0.2) is 4.39 Å². The van der Waals surface area contributed by atoms with Crippen molar-refractivity contribution in [1.29, 1.82) is 0 Å². The molecule has 1 fully saturated rings. The summed E-state index contributed by atoms with van der Waals surface area (Å²) in [6.45, 7) is 0.765. The molecule has 1 aromatic carbocycles. The Kier molecular flexibility index (Phi) is 2.68. The zero-order chi connectivity index (χ0) is 11.9. The minimum atomic E-state index is -0.233. The van der Waals surface area contributed by atoms with Crippen molar-refractivity contribution in [3.63, 3.8) is 0 Å². The van der Waals surface area contributed by atoms with Crippen LogP contribution in [-0.2, 0) is 16.8 Å². The summed E-state index contributed by atoms with van der Waals surface area (Å²) in [5, 5.41) is 3.33. The standard InChI is InChI=1S/C14H18FNO/c1-16-10-6-8-17-14(9-10)7-5-11-12(14)3-2-4-13(11)15/h2-4,10,16H,5-9H2,1H3. The van der Waals surface area contributed by atoms with Gasteiger partial charge in [-0.15, -0.1) is 0 Å². The Hall–Kier alpha value is -0.930. The van der Waals surface area contributed by atoms with E-state index in [2.05, 4.69) is 5.32 Å². The van der Waals surface area contributed by atoms with Crippen molar-refractivity contribution >= 4 is 0 Å². The van der Waals surface area contributed by atoms with Crippen LogP contribution in [0.25, 0.3) is 0 Å². The lowest BCUT2D eigenvalue weighted by Crippen LogP contribution is -2.43. The van der Waals surface area contributed by atoms with E-state index in [-0.39, 0.29) is 11.4 Å². The summed E-state index contributed by atoms with van der Waals surface area (Å²) in [5.74, 6) is -0.0745. The SMILES string of the molecule is CNC1CCOC2(CCc3c(F)cccc32)C1. The van der Waals surface area contributed by atoms with Gasteiger partial charge in [0, 0.05) is 12.6 Å². The molecule has 3 rings (SSSR count). The molecule has 1 saturated heterocycles. The number of halogens is 1. The molecule has 3 heteroatoms. The second kappa shape index (κ2) is 4.07. The Morgan fingerprint density at radius 1 is 1.47 bits per heavy atom. The van der Waals surface area contributed by atoms with Gasteiger partial charge in [-0.3, -0.25) is 0 Å². The van der Waals surface area contributed by atoms with E-state index in [1.807, 2.05) is 13.1 Å². The highest BCUT2D eigenvalue weighted by molar-refractivity contribution is 5.39. The summed E-state index contributed by atoms with van der Waals surface area (Å²) in [7, 11) is 1.99. The van der Waals surface area contributed by atoms with Crippen LogP contribution in [0.4, 0.5) is 4.39 Å². The fourth-order valence-electron chi connectivity index (χ4n) is 3.27. The van der Waals surface area contributed by atoms with Crippen LogP contribution in [-0.4, -0.2) is 19.7 Å². The molecule has 17 heavy (non-hydrogen) atoms. The van der Waals surface area contributed by atoms with Crippen LogP contribution in [0.15, 0.2) is 18.2 Å². The van der Waals surface area contributed by atoms with Crippen molar-refractivity contribution in [1.82, 2.24) is 5.32 Å². The van der Waals surface area contributed by atoms with E-state index < -0.39 is 0 Å². The van der Waals surface area contributed by atoms with Gasteiger partial charge >= 0.3 is 0 Å². The number of rotatable bonds is 1. The summed E-state index contributed by atoms with van der Waals surface area (Å²) in [6.07, 6.45) is 3.72. The zero-order valence-electron chi connectivity index (χ0n) is 10.1. The van der Waals surface area contributed by atoms with Gasteiger partial charge in [0.05, 0.1) is 5.60 Å². The minimum Gasteiger partial charge on any atom is -0.370 e. The van der Waals surface area contributed by atoms with E-state index in [1.54, 1.807) is 12.1 Å². The third-order valence-corrected chi connectivity index (χ3v) is 4.22. The lowest BCUT2D eigenvalue weighted by Gasteiger charge is -2.39. The van der Waals surface area contributed by atoms with Gasteiger partial charge in [-0.05, 0) is 49.9 Å². The Morgan fingerprint density at radius 2 is 2.35 bits per heavy atom. The molecule has 2 unspecified atom stereocenters. The van der Waals surface area contributed by atoms with E-state index in [0.29, 0.717) is 6.04 Å². The fourth-order valence-corrected chi connectivity index (χ4v) is 3.27. The van der Waals surface area contributed by atoms with Crippen LogP contribution in [0.5, 0.6) is 0 Å². The van der Waals surface area contributed by atoms with Crippen molar-refractivity contribution in [3.05, 3.63) is 35.1 Å². The summed E-state index contributed by atoms with van der Waals surface area (Å²) in [5.41, 5.74) is 1.71. The van der Waals surface area contributed by atoms with Gasteiger partial charge in [0.15, 0.2) is 0 Å². The maximum absolute atomic E-state index is 13.7. The number of fused-ring (bicyclic) bond motifs is 2. The maximum atomic E-state index is 13.7. The zero-order valence-corrected chi connectivity index (χ0v) is 10.1. The molecule has 0 amide bonds. The summed E-state index contributed by atoms with van der Waals surface area (Å²) in [4.78, 5) is 0. The van der Waals surface area contributed by atoms with Gasteiger partial charge < -0.3 is 10.1 Å². The molecule has 1 aromatic rings. The predicted molar refractivity (Wildman–Crippen MR) is 64.4 cm³/mol. The first-order valence-electron chi connectivity index (χ1n) is 6.34. The van der Waals surface area contributed by atoms with Crippen LogP contribution in [0, 0.1) is 5.82 Å². The molecule has 1 N–H and O–H groups in total. The second-order valence-corrected chi connectivity index (χ2v) is 5.09. The minimum absolute atomic E-state index is 0.0745. The van der Waals surface area contributed by atoms with E-state index >= 15 is 0 Å².